The van der Waals surface area contributed by atoms with Crippen molar-refractivity contribution in [3.63, 3.8) is 0 Å². The van der Waals surface area contributed by atoms with Crippen LogP contribution in [0.2, 0.25) is 0 Å². The second-order valence-electron chi connectivity index (χ2n) is 3.94. The summed E-state index contributed by atoms with van der Waals surface area (Å²) in [5.41, 5.74) is -1.55. The monoisotopic (exact) mass is 224 g/mol. The normalized spacial score (nSPS) is 11.8. The minimum absolute atomic E-state index is 0.389. The molecule has 0 radical (unpaired) electrons. The Morgan fingerprint density at radius 2 is 0.875 bits per heavy atom. The van der Waals surface area contributed by atoms with Gasteiger partial charge in [0.2, 0.25) is 0 Å². The quantitative estimate of drug-likeness (QED) is 0.434. The summed E-state index contributed by atoms with van der Waals surface area (Å²) >= 11 is 0. The summed E-state index contributed by atoms with van der Waals surface area (Å²) in [6.45, 7) is 0.998. The lowest BCUT2D eigenvalue weighted by Gasteiger charge is -1.97. The molecule has 0 spiro atoms. The third-order valence-corrected chi connectivity index (χ3v) is 2.76. The van der Waals surface area contributed by atoms with Gasteiger partial charge >= 0.3 is 22.2 Å². The molecule has 0 aliphatic rings. The Morgan fingerprint density at radius 3 is 1.12 bits per heavy atom. The molecule has 86 valence electrons. The Morgan fingerprint density at radius 1 is 0.562 bits per heavy atom. The molecule has 6 heteroatoms. The maximum absolute atomic E-state index is 10.6. The zero-order valence-electron chi connectivity index (χ0n) is 8.77. The number of aromatic nitrogens is 2. The molecule has 2 rings (SSSR count). The predicted molar refractivity (Wildman–Crippen MR) is 57.2 cm³/mol. The molecule has 0 aromatic carbocycles. The summed E-state index contributed by atoms with van der Waals surface area (Å²) in [6.07, 6.45) is 3.37. The van der Waals surface area contributed by atoms with Crippen LogP contribution in [0.15, 0.2) is 19.2 Å². The maximum Gasteiger partial charge on any atom is 0.319 e. The van der Waals surface area contributed by atoms with E-state index in [-0.39, 0.29) is 22.2 Å². The van der Waals surface area contributed by atoms with Crippen LogP contribution in [0, 0.1) is 0 Å². The molecule has 0 saturated carbocycles. The minimum atomic E-state index is -0.389. The fourth-order valence-electron chi connectivity index (χ4n) is 1.63. The Hall–Kier alpha value is -1.72. The highest BCUT2D eigenvalue weighted by Gasteiger charge is 2.15. The average Bonchev–Trinajstić information content (AvgIpc) is 3.04. The van der Waals surface area contributed by atoms with E-state index in [9.17, 15) is 19.2 Å². The van der Waals surface area contributed by atoms with Gasteiger partial charge < -0.3 is 0 Å². The number of rotatable bonds is 7. The summed E-state index contributed by atoms with van der Waals surface area (Å²) in [6, 6.07) is 0. The largest absolute Gasteiger partial charge is 0.319 e. The highest BCUT2D eigenvalue weighted by molar-refractivity contribution is 4.88. The zero-order chi connectivity index (χ0) is 11.7. The van der Waals surface area contributed by atoms with Crippen molar-refractivity contribution < 1.29 is 0 Å². The van der Waals surface area contributed by atoms with Crippen LogP contribution in [0.5, 0.6) is 0 Å². The van der Waals surface area contributed by atoms with Gasteiger partial charge in [-0.1, -0.05) is 12.8 Å². The van der Waals surface area contributed by atoms with Gasteiger partial charge in [0.15, 0.2) is 0 Å². The lowest BCUT2D eigenvalue weighted by molar-refractivity contribution is 0.556. The predicted octanol–water partition coefficient (Wildman–Crippen LogP) is -1.26. The molecule has 0 aliphatic heterocycles. The van der Waals surface area contributed by atoms with Gasteiger partial charge in [0, 0.05) is 13.1 Å². The van der Waals surface area contributed by atoms with E-state index in [1.807, 2.05) is 0 Å². The average molecular weight is 224 g/mol. The molecular formula is C10H12N2O4. The first-order valence-electron chi connectivity index (χ1n) is 5.34. The van der Waals surface area contributed by atoms with Gasteiger partial charge in [0.25, 0.3) is 0 Å². The van der Waals surface area contributed by atoms with Crippen LogP contribution in [-0.2, 0) is 13.1 Å². The van der Waals surface area contributed by atoms with Crippen molar-refractivity contribution >= 4 is 0 Å². The van der Waals surface area contributed by atoms with Crippen molar-refractivity contribution in [3.05, 3.63) is 41.4 Å². The smallest absolute Gasteiger partial charge is 0.266 e. The number of nitrogens with zero attached hydrogens (tertiary/aromatic N) is 2. The van der Waals surface area contributed by atoms with Crippen LogP contribution in [0.1, 0.15) is 25.7 Å². The highest BCUT2D eigenvalue weighted by atomic mass is 16.2. The molecule has 16 heavy (non-hydrogen) atoms. The van der Waals surface area contributed by atoms with E-state index in [1.165, 1.54) is 9.13 Å². The number of hydrogen-bond donors (Lipinski definition) is 0. The Kier molecular flexibility index (Phi) is 2.72. The molecule has 6 nitrogen and oxygen atoms in total. The SMILES string of the molecule is O=c1c(=O)n1CCCCCCn1c(=O)c1=O. The van der Waals surface area contributed by atoms with Gasteiger partial charge in [0.1, 0.15) is 0 Å². The van der Waals surface area contributed by atoms with Gasteiger partial charge in [0.05, 0.1) is 0 Å². The third kappa shape index (κ3) is 2.10. The topological polar surface area (TPSA) is 78.1 Å². The third-order valence-electron chi connectivity index (χ3n) is 2.76. The van der Waals surface area contributed by atoms with E-state index < -0.39 is 0 Å². The Balaban J connectivity index is 1.53. The van der Waals surface area contributed by atoms with Crippen molar-refractivity contribution in [2.45, 2.75) is 38.8 Å². The van der Waals surface area contributed by atoms with E-state index in [0.717, 1.165) is 25.7 Å². The fourth-order valence-corrected chi connectivity index (χ4v) is 1.63. The summed E-state index contributed by atoms with van der Waals surface area (Å²) in [5.74, 6) is 0. The maximum atomic E-state index is 10.6. The van der Waals surface area contributed by atoms with Crippen molar-refractivity contribution in [1.82, 2.24) is 9.13 Å². The van der Waals surface area contributed by atoms with Crippen LogP contribution >= 0.6 is 0 Å². The first-order valence-corrected chi connectivity index (χ1v) is 5.34. The first kappa shape index (κ1) is 10.8. The van der Waals surface area contributed by atoms with Crippen LogP contribution in [0.3, 0.4) is 0 Å². The van der Waals surface area contributed by atoms with E-state index in [1.54, 1.807) is 0 Å². The van der Waals surface area contributed by atoms with Gasteiger partial charge in [-0.15, -0.1) is 0 Å². The van der Waals surface area contributed by atoms with Crippen molar-refractivity contribution in [2.75, 3.05) is 0 Å². The molecule has 2 heterocycles. The van der Waals surface area contributed by atoms with Crippen LogP contribution in [0.25, 0.3) is 0 Å². The molecule has 0 aliphatic carbocycles. The summed E-state index contributed by atoms with van der Waals surface area (Å²) in [4.78, 5) is 42.4. The standard InChI is InChI=1S/C10H12N2O4/c13-7-8(14)11(7)5-3-1-2-4-6-12-9(15)10(12)16/h1-6H2. The molecule has 0 saturated heterocycles. The zero-order valence-corrected chi connectivity index (χ0v) is 8.77. The molecule has 2 aromatic rings. The van der Waals surface area contributed by atoms with Gasteiger partial charge in [-0.3, -0.25) is 28.3 Å². The molecule has 0 fully saturated rings. The van der Waals surface area contributed by atoms with Crippen molar-refractivity contribution in [1.29, 1.82) is 0 Å². The van der Waals surface area contributed by atoms with Crippen molar-refractivity contribution in [3.8, 4) is 0 Å². The fraction of sp³-hybridized carbons (Fsp3) is 0.600. The summed E-state index contributed by atoms with van der Waals surface area (Å²) in [7, 11) is 0. The molecule has 0 unspecified atom stereocenters. The van der Waals surface area contributed by atoms with Gasteiger partial charge in [-0.25, -0.2) is 0 Å². The van der Waals surface area contributed by atoms with Gasteiger partial charge in [-0.2, -0.15) is 0 Å². The lowest BCUT2D eigenvalue weighted by atomic mass is 10.2. The number of hydrogen-bond acceptors (Lipinski definition) is 4. The summed E-state index contributed by atoms with van der Waals surface area (Å²) < 4.78 is 2.44. The van der Waals surface area contributed by atoms with E-state index in [2.05, 4.69) is 0 Å². The van der Waals surface area contributed by atoms with E-state index in [0.29, 0.717) is 13.1 Å². The van der Waals surface area contributed by atoms with Crippen LogP contribution < -0.4 is 22.2 Å². The second kappa shape index (κ2) is 4.03. The van der Waals surface area contributed by atoms with Crippen molar-refractivity contribution in [2.24, 2.45) is 0 Å². The van der Waals surface area contributed by atoms with Crippen LogP contribution in [0.4, 0.5) is 0 Å². The number of unbranched alkanes of at least 4 members (excludes halogenated alkanes) is 3. The lowest BCUT2D eigenvalue weighted by Crippen LogP contribution is -1.98. The second-order valence-corrected chi connectivity index (χ2v) is 3.94. The minimum Gasteiger partial charge on any atom is -0.266 e. The Bertz CT molecular complexity index is 513. The van der Waals surface area contributed by atoms with Crippen LogP contribution in [-0.4, -0.2) is 9.13 Å². The molecule has 0 N–H and O–H groups in total. The summed E-state index contributed by atoms with van der Waals surface area (Å²) in [5, 5.41) is 0. The first-order chi connectivity index (χ1) is 7.63. The Labute approximate surface area is 90.1 Å². The molecular weight excluding hydrogens is 212 g/mol. The molecule has 2 aromatic heterocycles. The molecule has 0 atom stereocenters. The van der Waals surface area contributed by atoms with E-state index >= 15 is 0 Å². The molecule has 0 amide bonds. The van der Waals surface area contributed by atoms with E-state index in [4.69, 9.17) is 0 Å². The molecule has 0 bridgehead atoms. The van der Waals surface area contributed by atoms with Gasteiger partial charge in [-0.05, 0) is 12.8 Å². The highest BCUT2D eigenvalue weighted by Crippen LogP contribution is 2.01.